The molecule has 0 aromatic heterocycles. The Labute approximate surface area is 199 Å². The number of nitrogens with one attached hydrogen (secondary N) is 1. The van der Waals surface area contributed by atoms with Crippen LogP contribution in [0.4, 0.5) is 4.79 Å². The number of likely N-dealkylation sites (tertiary alicyclic amines) is 1. The maximum absolute atomic E-state index is 13.0. The Balaban J connectivity index is 1.17. The number of carboxylic acid groups (broad SMARTS) is 1. The number of carboxylic acids is 1. The summed E-state index contributed by atoms with van der Waals surface area (Å²) in [5.74, 6) is -1.23. The van der Waals surface area contributed by atoms with E-state index in [0.717, 1.165) is 24.0 Å². The molecule has 2 aromatic carbocycles. The van der Waals surface area contributed by atoms with Crippen molar-refractivity contribution in [3.05, 3.63) is 59.7 Å². The monoisotopic (exact) mass is 462 g/mol. The molecule has 1 heterocycles. The number of hydrogen-bond donors (Lipinski definition) is 2. The van der Waals surface area contributed by atoms with Gasteiger partial charge in [-0.05, 0) is 54.9 Å². The van der Waals surface area contributed by atoms with Gasteiger partial charge in [-0.25, -0.2) is 4.79 Å². The number of hydrogen-bond acceptors (Lipinski definition) is 4. The number of rotatable bonds is 6. The predicted octanol–water partition coefficient (Wildman–Crippen LogP) is 4.16. The number of amides is 2. The Morgan fingerprint density at radius 1 is 1.06 bits per heavy atom. The second-order valence-electron chi connectivity index (χ2n) is 9.90. The van der Waals surface area contributed by atoms with Crippen LogP contribution >= 0.6 is 0 Å². The number of aliphatic carboxylic acids is 1. The van der Waals surface area contributed by atoms with E-state index in [-0.39, 0.29) is 30.9 Å². The summed E-state index contributed by atoms with van der Waals surface area (Å²) in [6, 6.07) is 16.3. The van der Waals surface area contributed by atoms with Crippen LogP contribution in [0.15, 0.2) is 48.5 Å². The van der Waals surface area contributed by atoms with E-state index < -0.39 is 23.5 Å². The van der Waals surface area contributed by atoms with E-state index in [0.29, 0.717) is 19.4 Å². The lowest BCUT2D eigenvalue weighted by Gasteiger charge is -2.37. The first-order valence-corrected chi connectivity index (χ1v) is 12.0. The first-order valence-electron chi connectivity index (χ1n) is 12.0. The smallest absolute Gasteiger partial charge is 0.407 e. The molecule has 2 aliphatic carbocycles. The van der Waals surface area contributed by atoms with Crippen LogP contribution in [0, 0.1) is 5.92 Å². The van der Waals surface area contributed by atoms with Gasteiger partial charge in [0.2, 0.25) is 5.91 Å². The van der Waals surface area contributed by atoms with Gasteiger partial charge in [-0.1, -0.05) is 48.5 Å². The lowest BCUT2D eigenvalue weighted by Crippen LogP contribution is -2.49. The number of benzene rings is 2. The minimum atomic E-state index is -0.797. The average molecular weight is 463 g/mol. The van der Waals surface area contributed by atoms with Crippen LogP contribution in [-0.2, 0) is 14.3 Å². The summed E-state index contributed by atoms with van der Waals surface area (Å²) in [5, 5.41) is 12.2. The molecular weight excluding hydrogens is 432 g/mol. The molecule has 34 heavy (non-hydrogen) atoms. The minimum absolute atomic E-state index is 0.00804. The van der Waals surface area contributed by atoms with Crippen LogP contribution in [0.25, 0.3) is 11.1 Å². The Bertz CT molecular complexity index is 1080. The normalized spacial score (nSPS) is 22.4. The minimum Gasteiger partial charge on any atom is -0.481 e. The summed E-state index contributed by atoms with van der Waals surface area (Å²) in [7, 11) is 0. The highest BCUT2D eigenvalue weighted by Gasteiger charge is 2.48. The zero-order valence-electron chi connectivity index (χ0n) is 19.3. The molecule has 3 aliphatic rings. The van der Waals surface area contributed by atoms with Crippen molar-refractivity contribution in [1.82, 2.24) is 10.2 Å². The van der Waals surface area contributed by atoms with E-state index in [1.54, 1.807) is 4.90 Å². The molecule has 7 nitrogen and oxygen atoms in total. The van der Waals surface area contributed by atoms with Gasteiger partial charge in [0, 0.05) is 18.5 Å². The van der Waals surface area contributed by atoms with E-state index in [1.807, 2.05) is 31.2 Å². The van der Waals surface area contributed by atoms with Gasteiger partial charge in [-0.2, -0.15) is 0 Å². The van der Waals surface area contributed by atoms with E-state index >= 15 is 0 Å². The van der Waals surface area contributed by atoms with Crippen molar-refractivity contribution in [2.45, 2.75) is 56.5 Å². The van der Waals surface area contributed by atoms with Crippen LogP contribution in [0.3, 0.4) is 0 Å². The third-order valence-corrected chi connectivity index (χ3v) is 7.60. The van der Waals surface area contributed by atoms with Crippen LogP contribution in [0.5, 0.6) is 0 Å². The maximum atomic E-state index is 13.0. The van der Waals surface area contributed by atoms with E-state index in [1.165, 1.54) is 11.1 Å². The molecule has 0 bridgehead atoms. The van der Waals surface area contributed by atoms with Gasteiger partial charge in [0.15, 0.2) is 0 Å². The Morgan fingerprint density at radius 3 is 2.24 bits per heavy atom. The van der Waals surface area contributed by atoms with Gasteiger partial charge >= 0.3 is 12.1 Å². The number of fused-ring (bicyclic) bond motifs is 3. The molecule has 0 radical (unpaired) electrons. The largest absolute Gasteiger partial charge is 0.481 e. The second kappa shape index (κ2) is 8.78. The van der Waals surface area contributed by atoms with Crippen LogP contribution in [-0.4, -0.2) is 52.7 Å². The maximum Gasteiger partial charge on any atom is 0.407 e. The number of carbonyl (C=O) groups excluding carboxylic acids is 2. The van der Waals surface area contributed by atoms with Gasteiger partial charge in [0.25, 0.3) is 0 Å². The summed E-state index contributed by atoms with van der Waals surface area (Å²) < 4.78 is 5.66. The average Bonchev–Trinajstić information content (AvgIpc) is 3.49. The van der Waals surface area contributed by atoms with Crippen molar-refractivity contribution in [2.24, 2.45) is 5.92 Å². The molecule has 2 aromatic rings. The molecule has 2 fully saturated rings. The molecule has 2 N–H and O–H groups in total. The number of nitrogens with zero attached hydrogens (tertiary/aromatic N) is 1. The summed E-state index contributed by atoms with van der Waals surface area (Å²) in [5.41, 5.74) is 4.12. The number of piperidine rings is 1. The first-order chi connectivity index (χ1) is 16.4. The molecule has 1 aliphatic heterocycles. The number of carbonyl (C=O) groups is 3. The first kappa shape index (κ1) is 22.4. The fraction of sp³-hybridized carbons (Fsp3) is 0.444. The topological polar surface area (TPSA) is 95.9 Å². The summed E-state index contributed by atoms with van der Waals surface area (Å²) in [4.78, 5) is 38.7. The third-order valence-electron chi connectivity index (χ3n) is 7.60. The molecule has 2 amide bonds. The highest BCUT2D eigenvalue weighted by Crippen LogP contribution is 2.45. The lowest BCUT2D eigenvalue weighted by atomic mass is 9.91. The fourth-order valence-corrected chi connectivity index (χ4v) is 5.51. The van der Waals surface area contributed by atoms with Crippen molar-refractivity contribution in [1.29, 1.82) is 0 Å². The zero-order chi connectivity index (χ0) is 23.9. The van der Waals surface area contributed by atoms with Gasteiger partial charge < -0.3 is 20.1 Å². The highest BCUT2D eigenvalue weighted by atomic mass is 16.5. The van der Waals surface area contributed by atoms with E-state index in [4.69, 9.17) is 4.74 Å². The summed E-state index contributed by atoms with van der Waals surface area (Å²) in [6.45, 7) is 2.58. The molecular formula is C27H30N2O5. The van der Waals surface area contributed by atoms with Gasteiger partial charge in [-0.3, -0.25) is 9.59 Å². The van der Waals surface area contributed by atoms with Crippen molar-refractivity contribution < 1.29 is 24.2 Å². The van der Waals surface area contributed by atoms with Gasteiger partial charge in [0.05, 0.1) is 17.9 Å². The fourth-order valence-electron chi connectivity index (χ4n) is 5.51. The van der Waals surface area contributed by atoms with Gasteiger partial charge in [0.1, 0.15) is 6.61 Å². The summed E-state index contributed by atoms with van der Waals surface area (Å²) >= 11 is 0. The molecule has 7 heteroatoms. The van der Waals surface area contributed by atoms with Crippen LogP contribution < -0.4 is 5.32 Å². The van der Waals surface area contributed by atoms with Crippen molar-refractivity contribution in [3.63, 3.8) is 0 Å². The third kappa shape index (κ3) is 4.27. The van der Waals surface area contributed by atoms with E-state index in [2.05, 4.69) is 29.6 Å². The lowest BCUT2D eigenvalue weighted by molar-refractivity contribution is -0.147. The van der Waals surface area contributed by atoms with Gasteiger partial charge in [-0.15, -0.1) is 0 Å². The number of alkyl carbamates (subject to hydrolysis) is 1. The Kier molecular flexibility index (Phi) is 5.80. The highest BCUT2D eigenvalue weighted by molar-refractivity contribution is 5.81. The molecule has 1 saturated carbocycles. The van der Waals surface area contributed by atoms with Crippen molar-refractivity contribution in [3.8, 4) is 11.1 Å². The number of ether oxygens (including phenoxy) is 1. The standard InChI is InChI=1S/C27H30N2O5/c1-17-14-18(25(31)32)10-13-29(17)24(30)15-27(11-12-27)28-26(33)34-16-23-21-8-4-2-6-19(21)20-7-3-5-9-22(20)23/h2-9,17-18,23H,10-16H2,1H3,(H,28,33)(H,31,32)/t17-,18-/m0/s1. The SMILES string of the molecule is C[C@H]1C[C@@H](C(=O)O)CCN1C(=O)CC1(NC(=O)OCC2c3ccccc3-c3ccccc32)CC1. The Morgan fingerprint density at radius 2 is 1.68 bits per heavy atom. The Hall–Kier alpha value is -3.35. The second-order valence-corrected chi connectivity index (χ2v) is 9.90. The van der Waals surface area contributed by atoms with Crippen molar-refractivity contribution in [2.75, 3.05) is 13.2 Å². The predicted molar refractivity (Wildman–Crippen MR) is 126 cm³/mol. The molecule has 2 atom stereocenters. The molecule has 1 saturated heterocycles. The van der Waals surface area contributed by atoms with Crippen molar-refractivity contribution >= 4 is 18.0 Å². The quantitative estimate of drug-likeness (QED) is 0.672. The molecule has 5 rings (SSSR count). The molecule has 0 spiro atoms. The zero-order valence-corrected chi connectivity index (χ0v) is 19.3. The van der Waals surface area contributed by atoms with E-state index in [9.17, 15) is 19.5 Å². The molecule has 178 valence electrons. The van der Waals surface area contributed by atoms with Crippen LogP contribution in [0.1, 0.15) is 56.1 Å². The molecule has 0 unspecified atom stereocenters. The van der Waals surface area contributed by atoms with Crippen LogP contribution in [0.2, 0.25) is 0 Å². The summed E-state index contributed by atoms with van der Waals surface area (Å²) in [6.07, 6.45) is 2.14.